The largest absolute Gasteiger partial charge is 0.231 e. The lowest BCUT2D eigenvalue weighted by atomic mass is 10.3. The van der Waals surface area contributed by atoms with E-state index in [1.54, 1.807) is 11.3 Å². The smallest absolute Gasteiger partial charge is 0.171 e. The summed E-state index contributed by atoms with van der Waals surface area (Å²) in [5.41, 5.74) is 1.14. The summed E-state index contributed by atoms with van der Waals surface area (Å²) in [6.07, 6.45) is 3.51. The van der Waals surface area contributed by atoms with Crippen molar-refractivity contribution >= 4 is 45.5 Å². The zero-order chi connectivity index (χ0) is 12.7. The van der Waals surface area contributed by atoms with Crippen molar-refractivity contribution in [2.45, 2.75) is 32.1 Å². The van der Waals surface area contributed by atoms with E-state index in [0.29, 0.717) is 11.1 Å². The summed E-state index contributed by atoms with van der Waals surface area (Å²) in [6.45, 7) is 2.16. The quantitative estimate of drug-likeness (QED) is 0.550. The van der Waals surface area contributed by atoms with Gasteiger partial charge in [-0.25, -0.2) is 9.97 Å². The summed E-state index contributed by atoms with van der Waals surface area (Å²) < 4.78 is 1.02. The van der Waals surface area contributed by atoms with E-state index in [2.05, 4.69) is 46.6 Å². The molecule has 1 fully saturated rings. The predicted molar refractivity (Wildman–Crippen MR) is 84.4 cm³/mol. The Morgan fingerprint density at radius 3 is 2.78 bits per heavy atom. The fourth-order valence-corrected chi connectivity index (χ4v) is 3.60. The van der Waals surface area contributed by atoms with E-state index in [1.165, 1.54) is 17.7 Å². The first-order chi connectivity index (χ1) is 8.69. The van der Waals surface area contributed by atoms with Gasteiger partial charge in [-0.15, -0.1) is 11.3 Å². The molecule has 5 heteroatoms. The Kier molecular flexibility index (Phi) is 3.60. The molecule has 2 aromatic heterocycles. The molecule has 0 unspecified atom stereocenters. The van der Waals surface area contributed by atoms with Gasteiger partial charge in [0.1, 0.15) is 5.15 Å². The van der Waals surface area contributed by atoms with Crippen molar-refractivity contribution in [1.82, 2.24) is 9.97 Å². The highest BCUT2D eigenvalue weighted by Crippen LogP contribution is 2.43. The van der Waals surface area contributed by atoms with Crippen LogP contribution in [-0.2, 0) is 6.42 Å². The number of aromatic nitrogens is 2. The number of hydrogen-bond acceptors (Lipinski definition) is 3. The van der Waals surface area contributed by atoms with Crippen molar-refractivity contribution in [3.05, 3.63) is 31.4 Å². The second-order valence-electron chi connectivity index (χ2n) is 4.43. The van der Waals surface area contributed by atoms with Crippen molar-refractivity contribution in [2.75, 3.05) is 0 Å². The van der Waals surface area contributed by atoms with E-state index < -0.39 is 0 Å². The van der Waals surface area contributed by atoms with E-state index >= 15 is 0 Å². The van der Waals surface area contributed by atoms with Crippen molar-refractivity contribution in [3.63, 3.8) is 0 Å². The van der Waals surface area contributed by atoms with Crippen LogP contribution in [0.5, 0.6) is 0 Å². The minimum absolute atomic E-state index is 0.592. The summed E-state index contributed by atoms with van der Waals surface area (Å²) in [5, 5.41) is 0.592. The van der Waals surface area contributed by atoms with Gasteiger partial charge in [-0.1, -0.05) is 18.5 Å². The van der Waals surface area contributed by atoms with Crippen LogP contribution in [0.3, 0.4) is 0 Å². The average Bonchev–Trinajstić information content (AvgIpc) is 3.09. The molecule has 94 valence electrons. The molecule has 1 aliphatic carbocycles. The van der Waals surface area contributed by atoms with Crippen LogP contribution in [0.25, 0.3) is 10.7 Å². The Balaban J connectivity index is 2.06. The Bertz CT molecular complexity index is 593. The Morgan fingerprint density at radius 1 is 1.39 bits per heavy atom. The number of hydrogen-bond donors (Lipinski definition) is 0. The minimum atomic E-state index is 0.592. The maximum absolute atomic E-state index is 6.23. The van der Waals surface area contributed by atoms with E-state index in [4.69, 9.17) is 16.6 Å². The van der Waals surface area contributed by atoms with Crippen molar-refractivity contribution < 1.29 is 0 Å². The molecule has 1 saturated carbocycles. The molecule has 0 spiro atoms. The standard InChI is InChI=1S/C13H12ClIN2S/c1-2-8-5-6-9(18-8)13-16-11(7-3-4-7)10(15)12(14)17-13/h5-7H,2-4H2,1H3. The number of nitrogens with zero attached hydrogens (tertiary/aromatic N) is 2. The molecule has 0 N–H and O–H groups in total. The third kappa shape index (κ3) is 2.42. The number of rotatable bonds is 3. The van der Waals surface area contributed by atoms with Gasteiger partial charge in [-0.3, -0.25) is 0 Å². The molecular weight excluding hydrogens is 379 g/mol. The van der Waals surface area contributed by atoms with Crippen LogP contribution < -0.4 is 0 Å². The summed E-state index contributed by atoms with van der Waals surface area (Å²) in [5.74, 6) is 1.38. The van der Waals surface area contributed by atoms with E-state index in [0.717, 1.165) is 26.4 Å². The highest BCUT2D eigenvalue weighted by atomic mass is 127. The Labute approximate surface area is 129 Å². The molecule has 0 aliphatic heterocycles. The summed E-state index contributed by atoms with van der Waals surface area (Å²) in [7, 11) is 0. The third-order valence-electron chi connectivity index (χ3n) is 3.03. The number of aryl methyl sites for hydroxylation is 1. The second kappa shape index (κ2) is 5.06. The van der Waals surface area contributed by atoms with Crippen LogP contribution in [0.4, 0.5) is 0 Å². The molecule has 2 nitrogen and oxygen atoms in total. The lowest BCUT2D eigenvalue weighted by Gasteiger charge is -2.06. The molecule has 0 bridgehead atoms. The van der Waals surface area contributed by atoms with Crippen LogP contribution in [0, 0.1) is 3.57 Å². The Morgan fingerprint density at radius 2 is 2.17 bits per heavy atom. The van der Waals surface area contributed by atoms with Crippen LogP contribution in [-0.4, -0.2) is 9.97 Å². The molecule has 3 rings (SSSR count). The lowest BCUT2D eigenvalue weighted by molar-refractivity contribution is 0.980. The molecule has 18 heavy (non-hydrogen) atoms. The summed E-state index contributed by atoms with van der Waals surface area (Å²) >= 11 is 10.2. The SMILES string of the molecule is CCc1ccc(-c2nc(Cl)c(I)c(C3CC3)n2)s1. The van der Waals surface area contributed by atoms with E-state index in [1.807, 2.05) is 0 Å². The predicted octanol–water partition coefficient (Wildman–Crippen LogP) is 4.90. The van der Waals surface area contributed by atoms with Crippen molar-refractivity contribution in [3.8, 4) is 10.7 Å². The molecule has 2 heterocycles. The minimum Gasteiger partial charge on any atom is -0.231 e. The van der Waals surface area contributed by atoms with Gasteiger partial charge in [0.15, 0.2) is 5.82 Å². The number of thiophene rings is 1. The first-order valence-electron chi connectivity index (χ1n) is 6.01. The second-order valence-corrected chi connectivity index (χ2v) is 7.04. The van der Waals surface area contributed by atoms with Gasteiger partial charge in [-0.2, -0.15) is 0 Å². The van der Waals surface area contributed by atoms with Gasteiger partial charge < -0.3 is 0 Å². The van der Waals surface area contributed by atoms with Gasteiger partial charge >= 0.3 is 0 Å². The monoisotopic (exact) mass is 390 g/mol. The molecule has 0 radical (unpaired) electrons. The van der Waals surface area contributed by atoms with Crippen LogP contribution >= 0.6 is 45.5 Å². The van der Waals surface area contributed by atoms with Gasteiger partial charge in [0.25, 0.3) is 0 Å². The molecule has 1 aliphatic rings. The molecule has 0 saturated heterocycles. The zero-order valence-corrected chi connectivity index (χ0v) is 13.6. The van der Waals surface area contributed by atoms with E-state index in [-0.39, 0.29) is 0 Å². The first kappa shape index (κ1) is 12.8. The third-order valence-corrected chi connectivity index (χ3v) is 5.91. The maximum atomic E-state index is 6.23. The molecular formula is C13H12ClIN2S. The summed E-state index contributed by atoms with van der Waals surface area (Å²) in [4.78, 5) is 11.6. The fraction of sp³-hybridized carbons (Fsp3) is 0.385. The molecule has 0 atom stereocenters. The number of halogens is 2. The van der Waals surface area contributed by atoms with Gasteiger partial charge in [0, 0.05) is 10.8 Å². The van der Waals surface area contributed by atoms with Gasteiger partial charge in [0.2, 0.25) is 0 Å². The summed E-state index contributed by atoms with van der Waals surface area (Å²) in [6, 6.07) is 4.24. The van der Waals surface area contributed by atoms with Crippen LogP contribution in [0.2, 0.25) is 5.15 Å². The van der Waals surface area contributed by atoms with E-state index in [9.17, 15) is 0 Å². The van der Waals surface area contributed by atoms with Crippen LogP contribution in [0.15, 0.2) is 12.1 Å². The Hall–Kier alpha value is -0.200. The topological polar surface area (TPSA) is 25.8 Å². The molecule has 0 amide bonds. The highest BCUT2D eigenvalue weighted by Gasteiger charge is 2.29. The van der Waals surface area contributed by atoms with Gasteiger partial charge in [0.05, 0.1) is 14.1 Å². The lowest BCUT2D eigenvalue weighted by Crippen LogP contribution is -1.98. The maximum Gasteiger partial charge on any atom is 0.171 e. The zero-order valence-electron chi connectivity index (χ0n) is 9.91. The van der Waals surface area contributed by atoms with Crippen molar-refractivity contribution in [1.29, 1.82) is 0 Å². The highest BCUT2D eigenvalue weighted by molar-refractivity contribution is 14.1. The average molecular weight is 391 g/mol. The van der Waals surface area contributed by atoms with Gasteiger partial charge in [-0.05, 0) is 54.0 Å². The normalized spacial score (nSPS) is 15.1. The molecule has 2 aromatic rings. The molecule has 0 aromatic carbocycles. The van der Waals surface area contributed by atoms with Crippen molar-refractivity contribution in [2.24, 2.45) is 0 Å². The first-order valence-corrected chi connectivity index (χ1v) is 8.28. The van der Waals surface area contributed by atoms with Crippen LogP contribution in [0.1, 0.15) is 36.3 Å². The fourth-order valence-electron chi connectivity index (χ4n) is 1.86.